The molecule has 0 aromatic heterocycles. The lowest BCUT2D eigenvalue weighted by Crippen LogP contribution is -2.06. The minimum Gasteiger partial charge on any atom is -0.294 e. The monoisotopic (exact) mass is 278 g/mol. The fourth-order valence-electron chi connectivity index (χ4n) is 1.81. The van der Waals surface area contributed by atoms with Gasteiger partial charge >= 0.3 is 0 Å². The van der Waals surface area contributed by atoms with Gasteiger partial charge in [-0.2, -0.15) is 0 Å². The molecule has 0 fully saturated rings. The molecule has 0 radical (unpaired) electrons. The first-order valence-corrected chi connectivity index (χ1v) is 6.94. The predicted molar refractivity (Wildman–Crippen MR) is 72.6 cm³/mol. The van der Waals surface area contributed by atoms with Crippen molar-refractivity contribution in [2.75, 3.05) is 6.26 Å². The maximum absolute atomic E-state index is 13.5. The van der Waals surface area contributed by atoms with Crippen molar-refractivity contribution >= 4 is 17.5 Å². The van der Waals surface area contributed by atoms with E-state index in [-0.39, 0.29) is 17.8 Å². The van der Waals surface area contributed by atoms with Crippen LogP contribution in [0.25, 0.3) is 0 Å². The van der Waals surface area contributed by atoms with Crippen molar-refractivity contribution in [3.63, 3.8) is 0 Å². The molecule has 0 unspecified atom stereocenters. The highest BCUT2D eigenvalue weighted by Gasteiger charge is 2.13. The number of ketones is 1. The summed E-state index contributed by atoms with van der Waals surface area (Å²) in [6.45, 7) is 0. The van der Waals surface area contributed by atoms with Gasteiger partial charge < -0.3 is 0 Å². The molecule has 0 heterocycles. The van der Waals surface area contributed by atoms with Gasteiger partial charge in [0.2, 0.25) is 0 Å². The standard InChI is InChI=1S/C15H12F2OS/c1-19-15-5-3-2-4-12(15)14(18)8-10-6-7-11(16)9-13(10)17/h2-7,9H,8H2,1H3. The van der Waals surface area contributed by atoms with Crippen molar-refractivity contribution in [1.82, 2.24) is 0 Å². The lowest BCUT2D eigenvalue weighted by molar-refractivity contribution is 0.0989. The van der Waals surface area contributed by atoms with Crippen LogP contribution in [-0.4, -0.2) is 12.0 Å². The van der Waals surface area contributed by atoms with E-state index in [2.05, 4.69) is 0 Å². The number of carbonyl (C=O) groups is 1. The summed E-state index contributed by atoms with van der Waals surface area (Å²) in [5.74, 6) is -1.50. The van der Waals surface area contributed by atoms with E-state index in [1.807, 2.05) is 18.4 Å². The second-order valence-electron chi connectivity index (χ2n) is 4.04. The Kier molecular flexibility index (Phi) is 4.32. The Morgan fingerprint density at radius 2 is 1.89 bits per heavy atom. The molecule has 2 aromatic rings. The molecule has 0 saturated heterocycles. The van der Waals surface area contributed by atoms with Crippen LogP contribution in [0.3, 0.4) is 0 Å². The van der Waals surface area contributed by atoms with Crippen molar-refractivity contribution in [3.8, 4) is 0 Å². The third kappa shape index (κ3) is 3.20. The molecule has 0 bridgehead atoms. The highest BCUT2D eigenvalue weighted by molar-refractivity contribution is 7.98. The third-order valence-corrected chi connectivity index (χ3v) is 3.57. The molecule has 0 atom stereocenters. The van der Waals surface area contributed by atoms with Crippen molar-refractivity contribution in [3.05, 3.63) is 65.2 Å². The molecular weight excluding hydrogens is 266 g/mol. The molecular formula is C15H12F2OS. The van der Waals surface area contributed by atoms with Gasteiger partial charge in [0, 0.05) is 22.9 Å². The summed E-state index contributed by atoms with van der Waals surface area (Å²) in [5, 5.41) is 0. The second kappa shape index (κ2) is 5.97. The lowest BCUT2D eigenvalue weighted by Gasteiger charge is -2.07. The largest absolute Gasteiger partial charge is 0.294 e. The van der Waals surface area contributed by atoms with E-state index >= 15 is 0 Å². The summed E-state index contributed by atoms with van der Waals surface area (Å²) in [6.07, 6.45) is 1.81. The van der Waals surface area contributed by atoms with E-state index in [1.165, 1.54) is 17.8 Å². The summed E-state index contributed by atoms with van der Waals surface area (Å²) in [7, 11) is 0. The van der Waals surface area contributed by atoms with Gasteiger partial charge in [-0.25, -0.2) is 8.78 Å². The zero-order valence-electron chi connectivity index (χ0n) is 10.3. The second-order valence-corrected chi connectivity index (χ2v) is 4.88. The Morgan fingerprint density at radius 3 is 2.58 bits per heavy atom. The number of halogens is 2. The van der Waals surface area contributed by atoms with E-state index in [4.69, 9.17) is 0 Å². The Hall–Kier alpha value is -1.68. The lowest BCUT2D eigenvalue weighted by atomic mass is 10.0. The van der Waals surface area contributed by atoms with Gasteiger partial charge in [0.25, 0.3) is 0 Å². The van der Waals surface area contributed by atoms with Gasteiger partial charge in [-0.3, -0.25) is 4.79 Å². The molecule has 0 spiro atoms. The molecule has 98 valence electrons. The zero-order valence-corrected chi connectivity index (χ0v) is 11.1. The average Bonchev–Trinajstić information content (AvgIpc) is 2.41. The van der Waals surface area contributed by atoms with E-state index in [9.17, 15) is 13.6 Å². The van der Waals surface area contributed by atoms with Crippen LogP contribution in [0.4, 0.5) is 8.78 Å². The Morgan fingerprint density at radius 1 is 1.16 bits per heavy atom. The van der Waals surface area contributed by atoms with Gasteiger partial charge in [-0.1, -0.05) is 24.3 Å². The number of thioether (sulfide) groups is 1. The van der Waals surface area contributed by atoms with E-state index < -0.39 is 11.6 Å². The summed E-state index contributed by atoms with van der Waals surface area (Å²) in [5.41, 5.74) is 0.779. The first kappa shape index (κ1) is 13.7. The third-order valence-electron chi connectivity index (χ3n) is 2.77. The van der Waals surface area contributed by atoms with E-state index in [0.717, 1.165) is 17.0 Å². The normalized spacial score (nSPS) is 10.5. The van der Waals surface area contributed by atoms with Gasteiger partial charge in [0.15, 0.2) is 5.78 Å². The topological polar surface area (TPSA) is 17.1 Å². The zero-order chi connectivity index (χ0) is 13.8. The molecule has 1 nitrogen and oxygen atoms in total. The summed E-state index contributed by atoms with van der Waals surface area (Å²) in [4.78, 5) is 13.0. The fraction of sp³-hybridized carbons (Fsp3) is 0.133. The minimum atomic E-state index is -0.685. The average molecular weight is 278 g/mol. The molecule has 0 aliphatic carbocycles. The maximum Gasteiger partial charge on any atom is 0.168 e. The van der Waals surface area contributed by atoms with Crippen LogP contribution in [0.1, 0.15) is 15.9 Å². The molecule has 0 N–H and O–H groups in total. The van der Waals surface area contributed by atoms with Gasteiger partial charge in [-0.15, -0.1) is 11.8 Å². The predicted octanol–water partition coefficient (Wildman–Crippen LogP) is 4.11. The van der Waals surface area contributed by atoms with Crippen LogP contribution >= 0.6 is 11.8 Å². The number of rotatable bonds is 4. The van der Waals surface area contributed by atoms with Crippen LogP contribution in [0, 0.1) is 11.6 Å². The van der Waals surface area contributed by atoms with Crippen LogP contribution in [0.2, 0.25) is 0 Å². The molecule has 0 aliphatic heterocycles. The van der Waals surface area contributed by atoms with E-state index in [0.29, 0.717) is 5.56 Å². The molecule has 4 heteroatoms. The summed E-state index contributed by atoms with van der Waals surface area (Å²) in [6, 6.07) is 10.4. The number of hydrogen-bond donors (Lipinski definition) is 0. The molecule has 0 saturated carbocycles. The number of hydrogen-bond acceptors (Lipinski definition) is 2. The first-order valence-electron chi connectivity index (χ1n) is 5.72. The summed E-state index contributed by atoms with van der Waals surface area (Å²) >= 11 is 1.47. The molecule has 0 aliphatic rings. The number of carbonyl (C=O) groups excluding carboxylic acids is 1. The Labute approximate surface area is 114 Å². The van der Waals surface area contributed by atoms with Gasteiger partial charge in [-0.05, 0) is 24.0 Å². The fourth-order valence-corrected chi connectivity index (χ4v) is 2.42. The van der Waals surface area contributed by atoms with Gasteiger partial charge in [0.05, 0.1) is 0 Å². The van der Waals surface area contributed by atoms with Crippen molar-refractivity contribution < 1.29 is 13.6 Å². The van der Waals surface area contributed by atoms with Crippen molar-refractivity contribution in [1.29, 1.82) is 0 Å². The van der Waals surface area contributed by atoms with Crippen LogP contribution in [0.5, 0.6) is 0 Å². The molecule has 2 rings (SSSR count). The number of benzene rings is 2. The van der Waals surface area contributed by atoms with Crippen molar-refractivity contribution in [2.24, 2.45) is 0 Å². The number of Topliss-reactive ketones (excluding diaryl/α,β-unsaturated/α-hetero) is 1. The molecule has 19 heavy (non-hydrogen) atoms. The van der Waals surface area contributed by atoms with Crippen LogP contribution in [0.15, 0.2) is 47.4 Å². The minimum absolute atomic E-state index is 0.0658. The molecule has 0 amide bonds. The first-order chi connectivity index (χ1) is 9.11. The molecule has 2 aromatic carbocycles. The SMILES string of the molecule is CSc1ccccc1C(=O)Cc1ccc(F)cc1F. The van der Waals surface area contributed by atoms with Gasteiger partial charge in [0.1, 0.15) is 11.6 Å². The highest BCUT2D eigenvalue weighted by atomic mass is 32.2. The maximum atomic E-state index is 13.5. The quantitative estimate of drug-likeness (QED) is 0.618. The Balaban J connectivity index is 2.26. The smallest absolute Gasteiger partial charge is 0.168 e. The summed E-state index contributed by atoms with van der Waals surface area (Å²) < 4.78 is 26.3. The highest BCUT2D eigenvalue weighted by Crippen LogP contribution is 2.22. The Bertz CT molecular complexity index is 611. The van der Waals surface area contributed by atoms with Crippen LogP contribution < -0.4 is 0 Å². The van der Waals surface area contributed by atoms with E-state index in [1.54, 1.807) is 12.1 Å². The van der Waals surface area contributed by atoms with Crippen molar-refractivity contribution in [2.45, 2.75) is 11.3 Å². The van der Waals surface area contributed by atoms with Crippen LogP contribution in [-0.2, 0) is 6.42 Å².